The number of nitrogens with one attached hydrogen (secondary N) is 3. The maximum atomic E-state index is 13.0. The van der Waals surface area contributed by atoms with Crippen molar-refractivity contribution in [1.82, 2.24) is 16.0 Å². The standard InChI is InChI=1S/C21H21N3O4S/c1-13-18(20(27)22-11-14-7-3-2-4-8-14)19(24-21(29)23-13)15-9-5-6-10-16(15)28-12-17(25)26/h2-10,19H,11-12H2,1H3,(H,22,27)(H,25,26)(H2,23,24,29)/t19-/m1/s1. The highest BCUT2D eigenvalue weighted by Gasteiger charge is 2.31. The normalized spacial score (nSPS) is 15.9. The molecule has 0 aromatic heterocycles. The van der Waals surface area contributed by atoms with Gasteiger partial charge in [0.05, 0.1) is 11.6 Å². The summed E-state index contributed by atoms with van der Waals surface area (Å²) in [6, 6.07) is 16.0. The maximum Gasteiger partial charge on any atom is 0.341 e. The highest BCUT2D eigenvalue weighted by Crippen LogP contribution is 2.33. The second-order valence-electron chi connectivity index (χ2n) is 6.46. The van der Waals surface area contributed by atoms with Gasteiger partial charge in [0.15, 0.2) is 11.7 Å². The van der Waals surface area contributed by atoms with Crippen molar-refractivity contribution in [3.8, 4) is 5.75 Å². The summed E-state index contributed by atoms with van der Waals surface area (Å²) in [5.41, 5.74) is 2.69. The van der Waals surface area contributed by atoms with Crippen molar-refractivity contribution in [2.75, 3.05) is 6.61 Å². The molecule has 1 aliphatic heterocycles. The quantitative estimate of drug-likeness (QED) is 0.519. The highest BCUT2D eigenvalue weighted by atomic mass is 32.1. The Kier molecular flexibility index (Phi) is 6.46. The number of rotatable bonds is 7. The van der Waals surface area contributed by atoms with Gasteiger partial charge in [-0.1, -0.05) is 48.5 Å². The Hall–Kier alpha value is -3.39. The molecule has 0 saturated heterocycles. The maximum absolute atomic E-state index is 13.0. The second-order valence-corrected chi connectivity index (χ2v) is 6.87. The van der Waals surface area contributed by atoms with Gasteiger partial charge in [0.25, 0.3) is 5.91 Å². The molecule has 4 N–H and O–H groups in total. The molecule has 1 aliphatic rings. The summed E-state index contributed by atoms with van der Waals surface area (Å²) in [4.78, 5) is 23.9. The number of thiocarbonyl (C=S) groups is 1. The average Bonchev–Trinajstić information content (AvgIpc) is 2.71. The third kappa shape index (κ3) is 5.11. The minimum atomic E-state index is -1.08. The van der Waals surface area contributed by atoms with Gasteiger partial charge < -0.3 is 25.8 Å². The lowest BCUT2D eigenvalue weighted by Gasteiger charge is -2.31. The Morgan fingerprint density at radius 3 is 2.55 bits per heavy atom. The third-order valence-corrected chi connectivity index (χ3v) is 4.61. The lowest BCUT2D eigenvalue weighted by atomic mass is 9.94. The van der Waals surface area contributed by atoms with E-state index in [0.717, 1.165) is 5.56 Å². The van der Waals surface area contributed by atoms with Crippen molar-refractivity contribution < 1.29 is 19.4 Å². The van der Waals surface area contributed by atoms with Crippen molar-refractivity contribution >= 4 is 29.2 Å². The first kappa shape index (κ1) is 20.3. The van der Waals surface area contributed by atoms with Crippen molar-refractivity contribution in [2.45, 2.75) is 19.5 Å². The van der Waals surface area contributed by atoms with Crippen LogP contribution in [0.25, 0.3) is 0 Å². The Labute approximate surface area is 173 Å². The molecule has 3 rings (SSSR count). The van der Waals surface area contributed by atoms with Gasteiger partial charge >= 0.3 is 5.97 Å². The SMILES string of the molecule is CC1=C(C(=O)NCc2ccccc2)[C@@H](c2ccccc2OCC(=O)O)NC(=S)N1. The predicted molar refractivity (Wildman–Crippen MR) is 112 cm³/mol. The number of hydrogen-bond acceptors (Lipinski definition) is 4. The van der Waals surface area contributed by atoms with E-state index in [1.54, 1.807) is 31.2 Å². The predicted octanol–water partition coefficient (Wildman–Crippen LogP) is 2.26. The van der Waals surface area contributed by atoms with E-state index in [2.05, 4.69) is 16.0 Å². The van der Waals surface area contributed by atoms with E-state index < -0.39 is 18.6 Å². The van der Waals surface area contributed by atoms with Crippen LogP contribution in [0.4, 0.5) is 0 Å². The van der Waals surface area contributed by atoms with Gasteiger partial charge in [0.2, 0.25) is 0 Å². The van der Waals surface area contributed by atoms with Crippen LogP contribution in [0.2, 0.25) is 0 Å². The van der Waals surface area contributed by atoms with E-state index in [1.165, 1.54) is 0 Å². The first-order valence-corrected chi connectivity index (χ1v) is 9.40. The molecule has 8 heteroatoms. The molecule has 0 fully saturated rings. The number of benzene rings is 2. The Morgan fingerprint density at radius 1 is 1.14 bits per heavy atom. The molecule has 1 amide bonds. The summed E-state index contributed by atoms with van der Waals surface area (Å²) in [6.45, 7) is 1.67. The number of hydrogen-bond donors (Lipinski definition) is 4. The Morgan fingerprint density at radius 2 is 1.83 bits per heavy atom. The number of carboxylic acid groups (broad SMARTS) is 1. The minimum absolute atomic E-state index is 0.258. The van der Waals surface area contributed by atoms with Gasteiger partial charge in [-0.25, -0.2) is 4.79 Å². The molecule has 0 saturated carbocycles. The minimum Gasteiger partial charge on any atom is -0.482 e. The number of para-hydroxylation sites is 1. The van der Waals surface area contributed by atoms with Crippen molar-refractivity contribution in [3.63, 3.8) is 0 Å². The van der Waals surface area contributed by atoms with Crippen LogP contribution in [0.3, 0.4) is 0 Å². The zero-order chi connectivity index (χ0) is 20.8. The fourth-order valence-electron chi connectivity index (χ4n) is 3.09. The summed E-state index contributed by atoms with van der Waals surface area (Å²) < 4.78 is 5.42. The second kappa shape index (κ2) is 9.20. The van der Waals surface area contributed by atoms with E-state index >= 15 is 0 Å². The molecule has 150 valence electrons. The molecule has 0 aliphatic carbocycles. The number of amides is 1. The molecule has 0 radical (unpaired) electrons. The molecular weight excluding hydrogens is 390 g/mol. The zero-order valence-corrected chi connectivity index (χ0v) is 16.6. The molecular formula is C21H21N3O4S. The van der Waals surface area contributed by atoms with Crippen LogP contribution in [0.15, 0.2) is 65.9 Å². The monoisotopic (exact) mass is 411 g/mol. The molecule has 0 bridgehead atoms. The molecule has 29 heavy (non-hydrogen) atoms. The molecule has 1 atom stereocenters. The fraction of sp³-hybridized carbons (Fsp3) is 0.190. The van der Waals surface area contributed by atoms with Crippen LogP contribution in [0, 0.1) is 0 Å². The molecule has 0 unspecified atom stereocenters. The van der Waals surface area contributed by atoms with E-state index in [1.807, 2.05) is 30.3 Å². The summed E-state index contributed by atoms with van der Waals surface area (Å²) in [5.74, 6) is -0.966. The summed E-state index contributed by atoms with van der Waals surface area (Å²) in [5, 5.41) is 18.3. The number of carbonyl (C=O) groups is 2. The zero-order valence-electron chi connectivity index (χ0n) is 15.8. The summed E-state index contributed by atoms with van der Waals surface area (Å²) >= 11 is 5.27. The molecule has 0 spiro atoms. The van der Waals surface area contributed by atoms with Crippen LogP contribution in [0.5, 0.6) is 5.75 Å². The molecule has 7 nitrogen and oxygen atoms in total. The van der Waals surface area contributed by atoms with Crippen LogP contribution >= 0.6 is 12.2 Å². The Balaban J connectivity index is 1.88. The van der Waals surface area contributed by atoms with Crippen LogP contribution in [-0.4, -0.2) is 28.7 Å². The van der Waals surface area contributed by atoms with Crippen LogP contribution < -0.4 is 20.7 Å². The van der Waals surface area contributed by atoms with E-state index in [4.69, 9.17) is 22.1 Å². The van der Waals surface area contributed by atoms with E-state index in [-0.39, 0.29) is 5.91 Å². The number of aliphatic carboxylic acids is 1. The molecule has 1 heterocycles. The first-order chi connectivity index (χ1) is 14.0. The van der Waals surface area contributed by atoms with Crippen molar-refractivity contribution in [2.24, 2.45) is 0 Å². The molecule has 2 aromatic rings. The van der Waals surface area contributed by atoms with Gasteiger partial charge in [-0.3, -0.25) is 4.79 Å². The smallest absolute Gasteiger partial charge is 0.341 e. The Bertz CT molecular complexity index is 959. The topological polar surface area (TPSA) is 99.7 Å². The summed E-state index contributed by atoms with van der Waals surface area (Å²) in [6.07, 6.45) is 0. The molecule has 2 aromatic carbocycles. The van der Waals surface area contributed by atoms with Crippen LogP contribution in [0.1, 0.15) is 24.1 Å². The van der Waals surface area contributed by atoms with Crippen LogP contribution in [-0.2, 0) is 16.1 Å². The van der Waals surface area contributed by atoms with Gasteiger partial charge in [-0.05, 0) is 30.8 Å². The van der Waals surface area contributed by atoms with Gasteiger partial charge in [-0.2, -0.15) is 0 Å². The lowest BCUT2D eigenvalue weighted by Crippen LogP contribution is -2.46. The first-order valence-electron chi connectivity index (χ1n) is 8.99. The van der Waals surface area contributed by atoms with Crippen molar-refractivity contribution in [3.05, 3.63) is 77.0 Å². The lowest BCUT2D eigenvalue weighted by molar-refractivity contribution is -0.139. The van der Waals surface area contributed by atoms with E-state index in [0.29, 0.717) is 34.2 Å². The highest BCUT2D eigenvalue weighted by molar-refractivity contribution is 7.80. The van der Waals surface area contributed by atoms with Gasteiger partial charge in [0.1, 0.15) is 5.75 Å². The average molecular weight is 411 g/mol. The van der Waals surface area contributed by atoms with Gasteiger partial charge in [0, 0.05) is 17.8 Å². The number of carboxylic acids is 1. The number of ether oxygens (including phenoxy) is 1. The number of allylic oxidation sites excluding steroid dienone is 1. The largest absolute Gasteiger partial charge is 0.482 e. The fourth-order valence-corrected chi connectivity index (χ4v) is 3.36. The van der Waals surface area contributed by atoms with E-state index in [9.17, 15) is 9.59 Å². The van der Waals surface area contributed by atoms with Crippen molar-refractivity contribution in [1.29, 1.82) is 0 Å². The number of carbonyl (C=O) groups excluding carboxylic acids is 1. The van der Waals surface area contributed by atoms with Gasteiger partial charge in [-0.15, -0.1) is 0 Å². The third-order valence-electron chi connectivity index (χ3n) is 4.39. The summed E-state index contributed by atoms with van der Waals surface area (Å²) in [7, 11) is 0.